The highest BCUT2D eigenvalue weighted by molar-refractivity contribution is 8.00. The molecule has 1 atom stereocenters. The average molecular weight is 301 g/mol. The number of aromatic nitrogens is 2. The minimum Gasteiger partial charge on any atom is -0.351 e. The van der Waals surface area contributed by atoms with Crippen LogP contribution in [0.3, 0.4) is 0 Å². The molecule has 2 heterocycles. The van der Waals surface area contributed by atoms with E-state index in [1.54, 1.807) is 18.0 Å². The number of carbonyl (C=O) groups is 1. The Balaban J connectivity index is 2.10. The van der Waals surface area contributed by atoms with Crippen molar-refractivity contribution in [3.05, 3.63) is 47.8 Å². The van der Waals surface area contributed by atoms with Gasteiger partial charge in [-0.2, -0.15) is 0 Å². The molecule has 3 rings (SSSR count). The first-order valence-corrected chi connectivity index (χ1v) is 7.95. The van der Waals surface area contributed by atoms with Gasteiger partial charge in [-0.15, -0.1) is 0 Å². The van der Waals surface area contributed by atoms with E-state index in [1.165, 1.54) is 5.56 Å². The molecular weight excluding hydrogens is 282 g/mol. The lowest BCUT2D eigenvalue weighted by molar-refractivity contribution is 0.0944. The lowest BCUT2D eigenvalue weighted by atomic mass is 9.95. The van der Waals surface area contributed by atoms with E-state index >= 15 is 0 Å². The van der Waals surface area contributed by atoms with E-state index in [4.69, 9.17) is 0 Å². The number of hydrogen-bond acceptors (Lipinski definition) is 3. The molecule has 0 fully saturated rings. The third-order valence-electron chi connectivity index (χ3n) is 3.72. The van der Waals surface area contributed by atoms with E-state index in [1.807, 2.05) is 25.1 Å². The van der Waals surface area contributed by atoms with E-state index in [-0.39, 0.29) is 16.7 Å². The SMILES string of the molecule is CCNC(=O)c1cnc2n1C(c1ccccc1)C(C)(C)S2. The predicted octanol–water partition coefficient (Wildman–Crippen LogP) is 3.11. The maximum Gasteiger partial charge on any atom is 0.269 e. The van der Waals surface area contributed by atoms with Crippen molar-refractivity contribution in [3.63, 3.8) is 0 Å². The Labute approximate surface area is 129 Å². The number of benzene rings is 1. The molecule has 1 aliphatic heterocycles. The zero-order valence-electron chi connectivity index (χ0n) is 12.5. The second kappa shape index (κ2) is 5.22. The van der Waals surface area contributed by atoms with Crippen LogP contribution < -0.4 is 5.32 Å². The lowest BCUT2D eigenvalue weighted by Gasteiger charge is -2.28. The van der Waals surface area contributed by atoms with Crippen molar-refractivity contribution in [3.8, 4) is 0 Å². The van der Waals surface area contributed by atoms with E-state index in [9.17, 15) is 4.79 Å². The molecule has 1 unspecified atom stereocenters. The Morgan fingerprint density at radius 3 is 2.76 bits per heavy atom. The molecule has 1 amide bonds. The van der Waals surface area contributed by atoms with Crippen LogP contribution in [0.5, 0.6) is 0 Å². The van der Waals surface area contributed by atoms with Crippen LogP contribution in [0, 0.1) is 0 Å². The fourth-order valence-electron chi connectivity index (χ4n) is 2.88. The first kappa shape index (κ1) is 14.2. The molecule has 1 aromatic heterocycles. The topological polar surface area (TPSA) is 46.9 Å². The largest absolute Gasteiger partial charge is 0.351 e. The summed E-state index contributed by atoms with van der Waals surface area (Å²) in [6, 6.07) is 10.4. The van der Waals surface area contributed by atoms with E-state index in [0.29, 0.717) is 12.2 Å². The van der Waals surface area contributed by atoms with Gasteiger partial charge in [-0.1, -0.05) is 42.1 Å². The molecule has 4 nitrogen and oxygen atoms in total. The van der Waals surface area contributed by atoms with Gasteiger partial charge < -0.3 is 9.88 Å². The summed E-state index contributed by atoms with van der Waals surface area (Å²) < 4.78 is 2.04. The van der Waals surface area contributed by atoms with Crippen molar-refractivity contribution in [2.24, 2.45) is 0 Å². The standard InChI is InChI=1S/C16H19N3OS/c1-4-17-14(20)12-10-18-15-19(12)13(16(2,3)21-15)11-8-6-5-7-9-11/h5-10,13H,4H2,1-3H3,(H,17,20). The molecule has 21 heavy (non-hydrogen) atoms. The minimum absolute atomic E-state index is 0.0355. The van der Waals surface area contributed by atoms with Crippen molar-refractivity contribution in [2.75, 3.05) is 6.54 Å². The van der Waals surface area contributed by atoms with Crippen LogP contribution in [-0.4, -0.2) is 26.8 Å². The van der Waals surface area contributed by atoms with Crippen LogP contribution in [0.1, 0.15) is 42.9 Å². The maximum absolute atomic E-state index is 12.3. The number of amides is 1. The van der Waals surface area contributed by atoms with E-state index in [0.717, 1.165) is 5.16 Å². The quantitative estimate of drug-likeness (QED) is 0.947. The Hall–Kier alpha value is -1.75. The summed E-state index contributed by atoms with van der Waals surface area (Å²) in [5.41, 5.74) is 1.84. The summed E-state index contributed by atoms with van der Waals surface area (Å²) in [7, 11) is 0. The zero-order chi connectivity index (χ0) is 15.0. The summed E-state index contributed by atoms with van der Waals surface area (Å²) in [4.78, 5) is 16.7. The molecule has 1 aliphatic rings. The molecule has 0 saturated heterocycles. The minimum atomic E-state index is -0.0597. The summed E-state index contributed by atoms with van der Waals surface area (Å²) >= 11 is 1.72. The molecule has 2 aromatic rings. The zero-order valence-corrected chi connectivity index (χ0v) is 13.3. The first-order valence-electron chi connectivity index (χ1n) is 7.14. The monoisotopic (exact) mass is 301 g/mol. The van der Waals surface area contributed by atoms with E-state index in [2.05, 4.69) is 40.8 Å². The molecule has 1 N–H and O–H groups in total. The fourth-order valence-corrected chi connectivity index (χ4v) is 4.11. The second-order valence-electron chi connectivity index (χ2n) is 5.67. The van der Waals surface area contributed by atoms with Crippen LogP contribution in [-0.2, 0) is 0 Å². The lowest BCUT2D eigenvalue weighted by Crippen LogP contribution is -2.31. The highest BCUT2D eigenvalue weighted by atomic mass is 32.2. The Morgan fingerprint density at radius 2 is 2.10 bits per heavy atom. The van der Waals surface area contributed by atoms with Gasteiger partial charge in [-0.3, -0.25) is 4.79 Å². The molecule has 1 aromatic carbocycles. The van der Waals surface area contributed by atoms with Gasteiger partial charge >= 0.3 is 0 Å². The summed E-state index contributed by atoms with van der Waals surface area (Å²) in [5, 5.41) is 3.78. The van der Waals surface area contributed by atoms with Crippen molar-refractivity contribution in [2.45, 2.75) is 36.7 Å². The number of fused-ring (bicyclic) bond motifs is 1. The van der Waals surface area contributed by atoms with Crippen LogP contribution in [0.15, 0.2) is 41.7 Å². The third-order valence-corrected chi connectivity index (χ3v) is 4.95. The van der Waals surface area contributed by atoms with Gasteiger partial charge in [0, 0.05) is 11.3 Å². The van der Waals surface area contributed by atoms with Gasteiger partial charge in [-0.05, 0) is 26.3 Å². The number of thioether (sulfide) groups is 1. The Bertz CT molecular complexity index is 663. The fraction of sp³-hybridized carbons (Fsp3) is 0.375. The number of nitrogens with one attached hydrogen (secondary N) is 1. The number of rotatable bonds is 3. The van der Waals surface area contributed by atoms with Gasteiger partial charge in [-0.25, -0.2) is 4.98 Å². The smallest absolute Gasteiger partial charge is 0.269 e. The van der Waals surface area contributed by atoms with E-state index < -0.39 is 0 Å². The van der Waals surface area contributed by atoms with Gasteiger partial charge in [0.2, 0.25) is 0 Å². The molecule has 0 bridgehead atoms. The number of hydrogen-bond donors (Lipinski definition) is 1. The highest BCUT2D eigenvalue weighted by Gasteiger charge is 2.43. The molecule has 0 spiro atoms. The first-order chi connectivity index (χ1) is 10.0. The van der Waals surface area contributed by atoms with Gasteiger partial charge in [0.25, 0.3) is 5.91 Å². The van der Waals surface area contributed by atoms with Crippen LogP contribution in [0.4, 0.5) is 0 Å². The van der Waals surface area contributed by atoms with Crippen molar-refractivity contribution in [1.29, 1.82) is 0 Å². The highest BCUT2D eigenvalue weighted by Crippen LogP contribution is 2.51. The molecule has 110 valence electrons. The van der Waals surface area contributed by atoms with Crippen molar-refractivity contribution in [1.82, 2.24) is 14.9 Å². The van der Waals surface area contributed by atoms with Crippen LogP contribution in [0.25, 0.3) is 0 Å². The van der Waals surface area contributed by atoms with Gasteiger partial charge in [0.15, 0.2) is 5.16 Å². The van der Waals surface area contributed by atoms with Gasteiger partial charge in [0.05, 0.1) is 12.2 Å². The molecule has 0 saturated carbocycles. The van der Waals surface area contributed by atoms with Gasteiger partial charge in [0.1, 0.15) is 5.69 Å². The summed E-state index contributed by atoms with van der Waals surface area (Å²) in [6.07, 6.45) is 1.68. The third kappa shape index (κ3) is 2.35. The molecule has 5 heteroatoms. The molecule has 0 aliphatic carbocycles. The van der Waals surface area contributed by atoms with Crippen LogP contribution >= 0.6 is 11.8 Å². The Morgan fingerprint density at radius 1 is 1.38 bits per heavy atom. The van der Waals surface area contributed by atoms with Crippen molar-refractivity contribution >= 4 is 17.7 Å². The van der Waals surface area contributed by atoms with Crippen molar-refractivity contribution < 1.29 is 4.79 Å². The molecule has 0 radical (unpaired) electrons. The average Bonchev–Trinajstić information content (AvgIpc) is 2.94. The number of carbonyl (C=O) groups excluding carboxylic acids is 1. The number of nitrogens with zero attached hydrogens (tertiary/aromatic N) is 2. The maximum atomic E-state index is 12.3. The summed E-state index contributed by atoms with van der Waals surface area (Å²) in [6.45, 7) is 6.94. The Kier molecular flexibility index (Phi) is 3.53. The number of imidazole rings is 1. The van der Waals surface area contributed by atoms with Crippen LogP contribution in [0.2, 0.25) is 0 Å². The molecular formula is C16H19N3OS. The summed E-state index contributed by atoms with van der Waals surface area (Å²) in [5.74, 6) is -0.0597. The normalized spacial score (nSPS) is 19.3. The second-order valence-corrected chi connectivity index (χ2v) is 7.30. The predicted molar refractivity (Wildman–Crippen MR) is 84.8 cm³/mol.